The Morgan fingerprint density at radius 3 is 2.48 bits per heavy atom. The number of rotatable bonds is 6. The maximum absolute atomic E-state index is 3.16. The van der Waals surface area contributed by atoms with Gasteiger partial charge in [0.25, 0.3) is 0 Å². The van der Waals surface area contributed by atoms with Gasteiger partial charge in [0.1, 0.15) is 0 Å². The van der Waals surface area contributed by atoms with Crippen LogP contribution < -0.4 is 0 Å². The number of aromatic amines is 1. The highest BCUT2D eigenvalue weighted by Gasteiger charge is 2.17. The van der Waals surface area contributed by atoms with Crippen molar-refractivity contribution < 1.29 is 0 Å². The maximum atomic E-state index is 3.16. The van der Waals surface area contributed by atoms with Crippen molar-refractivity contribution in [3.8, 4) is 11.1 Å². The molecule has 1 aromatic heterocycles. The second-order valence-electron chi connectivity index (χ2n) is 7.49. The van der Waals surface area contributed by atoms with Crippen LogP contribution in [0.2, 0.25) is 0 Å². The summed E-state index contributed by atoms with van der Waals surface area (Å²) in [5.74, 6) is 0.719. The molecule has 0 atom stereocenters. The summed E-state index contributed by atoms with van der Waals surface area (Å²) in [7, 11) is 0. The zero-order chi connectivity index (χ0) is 18.3. The van der Waals surface area contributed by atoms with E-state index in [4.69, 9.17) is 0 Å². The molecule has 2 nitrogen and oxygen atoms in total. The lowest BCUT2D eigenvalue weighted by atomic mass is 9.94. The van der Waals surface area contributed by atoms with Gasteiger partial charge in [0.15, 0.2) is 0 Å². The lowest BCUT2D eigenvalue weighted by molar-refractivity contribution is 0.195. The van der Waals surface area contributed by atoms with Crippen LogP contribution >= 0.6 is 0 Å². The van der Waals surface area contributed by atoms with Gasteiger partial charge in [-0.15, -0.1) is 0 Å². The molecule has 1 aliphatic rings. The fourth-order valence-corrected chi connectivity index (χ4v) is 4.00. The molecule has 0 saturated carbocycles. The van der Waals surface area contributed by atoms with E-state index in [1.807, 2.05) is 6.20 Å². The van der Waals surface area contributed by atoms with E-state index in [0.29, 0.717) is 0 Å². The molecular formula is C25H28N2. The number of nitrogens with zero attached hydrogens (tertiary/aromatic N) is 1. The zero-order valence-corrected chi connectivity index (χ0v) is 15.9. The Morgan fingerprint density at radius 2 is 1.70 bits per heavy atom. The quantitative estimate of drug-likeness (QED) is 0.562. The molecule has 1 aliphatic heterocycles. The van der Waals surface area contributed by atoms with Crippen LogP contribution in [0.25, 0.3) is 11.1 Å². The largest absolute Gasteiger partial charge is 0.367 e. The predicted octanol–water partition coefficient (Wildman–Crippen LogP) is 5.69. The molecule has 2 aromatic carbocycles. The molecule has 1 saturated heterocycles. The van der Waals surface area contributed by atoms with E-state index in [0.717, 1.165) is 18.9 Å². The van der Waals surface area contributed by atoms with Crippen molar-refractivity contribution in [2.45, 2.75) is 25.8 Å². The predicted molar refractivity (Wildman–Crippen MR) is 114 cm³/mol. The van der Waals surface area contributed by atoms with Crippen molar-refractivity contribution in [3.05, 3.63) is 96.3 Å². The number of hydrogen-bond acceptors (Lipinski definition) is 1. The molecule has 0 spiro atoms. The third kappa shape index (κ3) is 4.78. The Kier molecular flexibility index (Phi) is 5.86. The van der Waals surface area contributed by atoms with Crippen molar-refractivity contribution in [1.29, 1.82) is 0 Å². The fourth-order valence-electron chi connectivity index (χ4n) is 4.00. The van der Waals surface area contributed by atoms with Crippen LogP contribution in [0.15, 0.2) is 85.2 Å². The minimum atomic E-state index is 0.719. The van der Waals surface area contributed by atoms with Gasteiger partial charge in [-0.3, -0.25) is 4.90 Å². The Bertz CT molecular complexity index is 841. The number of nitrogens with one attached hydrogen (secondary N) is 1. The average Bonchev–Trinajstić information content (AvgIpc) is 3.25. The number of aromatic nitrogens is 1. The third-order valence-corrected chi connectivity index (χ3v) is 5.55. The Balaban J connectivity index is 1.29. The van der Waals surface area contributed by atoms with Crippen LogP contribution in [0.4, 0.5) is 0 Å². The lowest BCUT2D eigenvalue weighted by Crippen LogP contribution is -2.32. The van der Waals surface area contributed by atoms with Gasteiger partial charge >= 0.3 is 0 Å². The number of benzene rings is 2. The lowest BCUT2D eigenvalue weighted by Gasteiger charge is -2.30. The minimum absolute atomic E-state index is 0.719. The molecule has 0 amide bonds. The van der Waals surface area contributed by atoms with Crippen molar-refractivity contribution in [2.24, 2.45) is 5.92 Å². The van der Waals surface area contributed by atoms with E-state index >= 15 is 0 Å². The van der Waals surface area contributed by atoms with Crippen LogP contribution in [0.1, 0.15) is 24.0 Å². The highest BCUT2D eigenvalue weighted by atomic mass is 15.1. The molecule has 0 bridgehead atoms. The van der Waals surface area contributed by atoms with Gasteiger partial charge in [0.2, 0.25) is 0 Å². The second kappa shape index (κ2) is 8.88. The van der Waals surface area contributed by atoms with Crippen LogP contribution in [0.3, 0.4) is 0 Å². The smallest absolute Gasteiger partial charge is 0.0233 e. The average molecular weight is 357 g/mol. The molecule has 2 heteroatoms. The van der Waals surface area contributed by atoms with E-state index in [1.165, 1.54) is 48.2 Å². The number of hydrogen-bond donors (Lipinski definition) is 1. The zero-order valence-electron chi connectivity index (χ0n) is 15.9. The van der Waals surface area contributed by atoms with E-state index in [9.17, 15) is 0 Å². The minimum Gasteiger partial charge on any atom is -0.367 e. The monoisotopic (exact) mass is 356 g/mol. The van der Waals surface area contributed by atoms with Crippen LogP contribution in [-0.2, 0) is 13.0 Å². The van der Waals surface area contributed by atoms with Gasteiger partial charge in [0.05, 0.1) is 0 Å². The highest BCUT2D eigenvalue weighted by Crippen LogP contribution is 2.25. The number of piperidine rings is 1. The van der Waals surface area contributed by atoms with Crippen molar-refractivity contribution in [3.63, 3.8) is 0 Å². The van der Waals surface area contributed by atoms with Crippen LogP contribution in [-0.4, -0.2) is 23.0 Å². The molecule has 0 unspecified atom stereocenters. The van der Waals surface area contributed by atoms with Crippen molar-refractivity contribution in [1.82, 2.24) is 9.88 Å². The van der Waals surface area contributed by atoms with Gasteiger partial charge in [-0.2, -0.15) is 0 Å². The first-order valence-corrected chi connectivity index (χ1v) is 10.0. The van der Waals surface area contributed by atoms with Gasteiger partial charge in [-0.05, 0) is 66.6 Å². The van der Waals surface area contributed by atoms with Crippen LogP contribution in [0, 0.1) is 5.92 Å². The normalized spacial score (nSPS) is 16.1. The first kappa shape index (κ1) is 17.8. The summed E-state index contributed by atoms with van der Waals surface area (Å²) in [6.07, 6.45) is 12.4. The van der Waals surface area contributed by atoms with Crippen molar-refractivity contribution in [2.75, 3.05) is 13.1 Å². The topological polar surface area (TPSA) is 19.0 Å². The standard InChI is InChI=1S/C25H28N2/c1-2-7-22(8-3-1)20-27-17-14-21(15-18-27)9-6-11-23-10-4-5-12-25(23)24-13-16-26-19-24/h1-10,12-13,16,19,21,26H,11,14-15,17-18,20H2. The molecule has 1 fully saturated rings. The summed E-state index contributed by atoms with van der Waals surface area (Å²) in [6, 6.07) is 21.7. The molecule has 138 valence electrons. The van der Waals surface area contributed by atoms with Gasteiger partial charge in [-0.25, -0.2) is 0 Å². The molecule has 1 N–H and O–H groups in total. The molecule has 4 rings (SSSR count). The Hall–Kier alpha value is -2.58. The van der Waals surface area contributed by atoms with Gasteiger partial charge in [-0.1, -0.05) is 66.7 Å². The van der Waals surface area contributed by atoms with E-state index in [2.05, 4.69) is 88.9 Å². The fraction of sp³-hybridized carbons (Fsp3) is 0.280. The molecule has 0 aliphatic carbocycles. The Morgan fingerprint density at radius 1 is 0.926 bits per heavy atom. The Labute approximate surface area is 162 Å². The SMILES string of the molecule is C(=CC1CCN(Cc2ccccc2)CC1)Cc1ccccc1-c1cc[nH]c1. The second-order valence-corrected chi connectivity index (χ2v) is 7.49. The number of allylic oxidation sites excluding steroid dienone is 2. The van der Waals surface area contributed by atoms with Crippen LogP contribution in [0.5, 0.6) is 0 Å². The molecule has 27 heavy (non-hydrogen) atoms. The number of likely N-dealkylation sites (tertiary alicyclic amines) is 1. The molecule has 2 heterocycles. The first-order chi connectivity index (χ1) is 13.4. The summed E-state index contributed by atoms with van der Waals surface area (Å²) >= 11 is 0. The summed E-state index contributed by atoms with van der Waals surface area (Å²) in [5, 5.41) is 0. The molecule has 3 aromatic rings. The van der Waals surface area contributed by atoms with Crippen molar-refractivity contribution >= 4 is 0 Å². The summed E-state index contributed by atoms with van der Waals surface area (Å²) < 4.78 is 0. The number of H-pyrrole nitrogens is 1. The first-order valence-electron chi connectivity index (χ1n) is 10.0. The molecule has 0 radical (unpaired) electrons. The summed E-state index contributed by atoms with van der Waals surface area (Å²) in [6.45, 7) is 3.48. The van der Waals surface area contributed by atoms with Gasteiger partial charge in [0, 0.05) is 18.9 Å². The summed E-state index contributed by atoms with van der Waals surface area (Å²) in [5.41, 5.74) is 5.43. The molecular weight excluding hydrogens is 328 g/mol. The maximum Gasteiger partial charge on any atom is 0.0233 e. The highest BCUT2D eigenvalue weighted by molar-refractivity contribution is 5.66. The van der Waals surface area contributed by atoms with E-state index in [-0.39, 0.29) is 0 Å². The van der Waals surface area contributed by atoms with Gasteiger partial charge < -0.3 is 4.98 Å². The van der Waals surface area contributed by atoms with E-state index < -0.39 is 0 Å². The summed E-state index contributed by atoms with van der Waals surface area (Å²) in [4.78, 5) is 5.75. The van der Waals surface area contributed by atoms with E-state index in [1.54, 1.807) is 0 Å². The third-order valence-electron chi connectivity index (χ3n) is 5.55.